The van der Waals surface area contributed by atoms with E-state index < -0.39 is 11.9 Å². The lowest BCUT2D eigenvalue weighted by Crippen LogP contribution is -2.27. The Labute approximate surface area is 122 Å². The summed E-state index contributed by atoms with van der Waals surface area (Å²) in [7, 11) is 1.57. The zero-order valence-electron chi connectivity index (χ0n) is 11.0. The average molecular weight is 291 g/mol. The zero-order chi connectivity index (χ0) is 14.5. The summed E-state index contributed by atoms with van der Waals surface area (Å²) in [6.45, 7) is 0. The number of ether oxygens (including phenoxy) is 1. The third-order valence-corrected chi connectivity index (χ3v) is 3.11. The van der Waals surface area contributed by atoms with Crippen LogP contribution in [0.5, 0.6) is 5.75 Å². The van der Waals surface area contributed by atoms with Gasteiger partial charge in [0.25, 0.3) is 0 Å². The number of carbonyl (C=O) groups is 1. The van der Waals surface area contributed by atoms with Crippen LogP contribution in [0.15, 0.2) is 48.5 Å². The Balaban J connectivity index is 2.33. The topological polar surface area (TPSA) is 64.3 Å². The smallest absolute Gasteiger partial charge is 0.244 e. The van der Waals surface area contributed by atoms with Crippen molar-refractivity contribution >= 4 is 23.2 Å². The number of nitrogens with one attached hydrogen (secondary N) is 1. The Morgan fingerprint density at radius 1 is 1.25 bits per heavy atom. The fourth-order valence-electron chi connectivity index (χ4n) is 1.92. The molecule has 0 bridgehead atoms. The molecule has 104 valence electrons. The van der Waals surface area contributed by atoms with Gasteiger partial charge in [0.15, 0.2) is 0 Å². The number of amides is 1. The maximum atomic E-state index is 11.7. The lowest BCUT2D eigenvalue weighted by atomic mass is 10.1. The van der Waals surface area contributed by atoms with Crippen molar-refractivity contribution < 1.29 is 9.53 Å². The number of nitrogens with two attached hydrogens (primary N) is 1. The van der Waals surface area contributed by atoms with E-state index in [1.165, 1.54) is 0 Å². The molecule has 0 aliphatic rings. The minimum absolute atomic E-state index is 0.488. The van der Waals surface area contributed by atoms with Crippen LogP contribution in [0.3, 0.4) is 0 Å². The number of rotatable bonds is 5. The molecular weight excluding hydrogens is 276 g/mol. The minimum atomic E-state index is -0.676. The summed E-state index contributed by atoms with van der Waals surface area (Å²) >= 11 is 5.95. The highest BCUT2D eigenvalue weighted by Crippen LogP contribution is 2.28. The molecule has 3 N–H and O–H groups in total. The molecule has 2 aromatic carbocycles. The number of halogens is 1. The SMILES string of the molecule is COc1ccccc1NC(C(N)=O)c1cccc(Cl)c1. The van der Waals surface area contributed by atoms with E-state index in [-0.39, 0.29) is 0 Å². The fraction of sp³-hybridized carbons (Fsp3) is 0.133. The predicted molar refractivity (Wildman–Crippen MR) is 80.0 cm³/mol. The minimum Gasteiger partial charge on any atom is -0.495 e. The van der Waals surface area contributed by atoms with Crippen molar-refractivity contribution in [1.29, 1.82) is 0 Å². The van der Waals surface area contributed by atoms with Crippen LogP contribution >= 0.6 is 11.6 Å². The Bertz CT molecular complexity index is 616. The van der Waals surface area contributed by atoms with Gasteiger partial charge in [-0.05, 0) is 29.8 Å². The number of carbonyl (C=O) groups excluding carboxylic acids is 1. The summed E-state index contributed by atoms with van der Waals surface area (Å²) in [5, 5.41) is 3.63. The van der Waals surface area contributed by atoms with Gasteiger partial charge in [-0.15, -0.1) is 0 Å². The lowest BCUT2D eigenvalue weighted by molar-refractivity contribution is -0.118. The quantitative estimate of drug-likeness (QED) is 0.890. The largest absolute Gasteiger partial charge is 0.495 e. The van der Waals surface area contributed by atoms with Crippen molar-refractivity contribution in [3.63, 3.8) is 0 Å². The highest BCUT2D eigenvalue weighted by Gasteiger charge is 2.19. The zero-order valence-corrected chi connectivity index (χ0v) is 11.7. The van der Waals surface area contributed by atoms with Gasteiger partial charge in [-0.1, -0.05) is 35.9 Å². The summed E-state index contributed by atoms with van der Waals surface area (Å²) in [5.74, 6) is 0.152. The second-order valence-corrected chi connectivity index (χ2v) is 4.67. The van der Waals surface area contributed by atoms with Gasteiger partial charge in [-0.2, -0.15) is 0 Å². The van der Waals surface area contributed by atoms with Crippen LogP contribution in [0.4, 0.5) is 5.69 Å². The van der Waals surface area contributed by atoms with Crippen molar-refractivity contribution in [2.75, 3.05) is 12.4 Å². The molecule has 0 heterocycles. The number of methoxy groups -OCH3 is 1. The molecule has 0 saturated carbocycles. The fourth-order valence-corrected chi connectivity index (χ4v) is 2.12. The first-order chi connectivity index (χ1) is 9.61. The highest BCUT2D eigenvalue weighted by molar-refractivity contribution is 6.30. The van der Waals surface area contributed by atoms with Crippen molar-refractivity contribution in [2.45, 2.75) is 6.04 Å². The number of hydrogen-bond donors (Lipinski definition) is 2. The van der Waals surface area contributed by atoms with Gasteiger partial charge in [-0.3, -0.25) is 4.79 Å². The lowest BCUT2D eigenvalue weighted by Gasteiger charge is -2.19. The van der Waals surface area contributed by atoms with Crippen LogP contribution < -0.4 is 15.8 Å². The first kappa shape index (κ1) is 14.2. The summed E-state index contributed by atoms with van der Waals surface area (Å²) < 4.78 is 5.24. The van der Waals surface area contributed by atoms with E-state index in [9.17, 15) is 4.79 Å². The maximum absolute atomic E-state index is 11.7. The molecule has 0 saturated heterocycles. The van der Waals surface area contributed by atoms with Gasteiger partial charge in [0, 0.05) is 5.02 Å². The first-order valence-electron chi connectivity index (χ1n) is 6.06. The summed E-state index contributed by atoms with van der Waals surface area (Å²) in [4.78, 5) is 11.7. The van der Waals surface area contributed by atoms with E-state index in [1.807, 2.05) is 18.2 Å². The molecule has 0 aliphatic heterocycles. The van der Waals surface area contributed by atoms with Crippen LogP contribution in [0, 0.1) is 0 Å². The molecule has 1 unspecified atom stereocenters. The van der Waals surface area contributed by atoms with Crippen LogP contribution in [-0.4, -0.2) is 13.0 Å². The van der Waals surface area contributed by atoms with Crippen LogP contribution in [-0.2, 0) is 4.79 Å². The maximum Gasteiger partial charge on any atom is 0.244 e. The summed E-state index contributed by atoms with van der Waals surface area (Å²) in [6, 6.07) is 13.7. The van der Waals surface area contributed by atoms with Crippen molar-refractivity contribution in [2.24, 2.45) is 5.73 Å². The van der Waals surface area contributed by atoms with E-state index >= 15 is 0 Å². The molecule has 1 amide bonds. The summed E-state index contributed by atoms with van der Waals surface area (Å²) in [6.07, 6.45) is 0. The van der Waals surface area contributed by atoms with E-state index in [0.717, 1.165) is 0 Å². The molecule has 2 rings (SSSR count). The van der Waals surface area contributed by atoms with Gasteiger partial charge in [0.05, 0.1) is 12.8 Å². The van der Waals surface area contributed by atoms with Gasteiger partial charge in [-0.25, -0.2) is 0 Å². The van der Waals surface area contributed by atoms with Crippen molar-refractivity contribution in [3.8, 4) is 5.75 Å². The molecule has 2 aromatic rings. The number of primary amides is 1. The van der Waals surface area contributed by atoms with E-state index in [4.69, 9.17) is 22.1 Å². The van der Waals surface area contributed by atoms with E-state index in [0.29, 0.717) is 22.0 Å². The Morgan fingerprint density at radius 2 is 2.00 bits per heavy atom. The number of para-hydroxylation sites is 2. The Morgan fingerprint density at radius 3 is 2.65 bits per heavy atom. The second-order valence-electron chi connectivity index (χ2n) is 4.24. The monoisotopic (exact) mass is 290 g/mol. The highest BCUT2D eigenvalue weighted by atomic mass is 35.5. The Hall–Kier alpha value is -2.20. The third kappa shape index (κ3) is 3.22. The number of anilines is 1. The average Bonchev–Trinajstić information content (AvgIpc) is 2.44. The molecular formula is C15H15ClN2O2. The molecule has 1 atom stereocenters. The van der Waals surface area contributed by atoms with E-state index in [2.05, 4.69) is 5.32 Å². The standard InChI is InChI=1S/C15H15ClN2O2/c1-20-13-8-3-2-7-12(13)18-14(15(17)19)10-5-4-6-11(16)9-10/h2-9,14,18H,1H3,(H2,17,19). The summed E-state index contributed by atoms with van der Waals surface area (Å²) in [5.41, 5.74) is 6.87. The van der Waals surface area contributed by atoms with Crippen LogP contribution in [0.25, 0.3) is 0 Å². The molecule has 0 spiro atoms. The number of benzene rings is 2. The molecule has 0 aromatic heterocycles. The first-order valence-corrected chi connectivity index (χ1v) is 6.44. The molecule has 0 fully saturated rings. The van der Waals surface area contributed by atoms with Gasteiger partial charge < -0.3 is 15.8 Å². The van der Waals surface area contributed by atoms with Gasteiger partial charge >= 0.3 is 0 Å². The third-order valence-electron chi connectivity index (χ3n) is 2.87. The molecule has 0 radical (unpaired) electrons. The Kier molecular flexibility index (Phi) is 4.48. The molecule has 0 aliphatic carbocycles. The van der Waals surface area contributed by atoms with Crippen molar-refractivity contribution in [3.05, 3.63) is 59.1 Å². The molecule has 4 nitrogen and oxygen atoms in total. The molecule has 20 heavy (non-hydrogen) atoms. The van der Waals surface area contributed by atoms with Crippen molar-refractivity contribution in [1.82, 2.24) is 0 Å². The van der Waals surface area contributed by atoms with Gasteiger partial charge in [0.1, 0.15) is 11.8 Å². The van der Waals surface area contributed by atoms with E-state index in [1.54, 1.807) is 37.4 Å². The van der Waals surface area contributed by atoms with Gasteiger partial charge in [0.2, 0.25) is 5.91 Å². The predicted octanol–water partition coefficient (Wildman–Crippen LogP) is 2.99. The molecule has 5 heteroatoms. The van der Waals surface area contributed by atoms with Crippen LogP contribution in [0.2, 0.25) is 5.02 Å². The normalized spacial score (nSPS) is 11.7. The second kappa shape index (κ2) is 6.30. The van der Waals surface area contributed by atoms with Crippen LogP contribution in [0.1, 0.15) is 11.6 Å². The number of hydrogen-bond acceptors (Lipinski definition) is 3.